The van der Waals surface area contributed by atoms with Crippen LogP contribution in [0.1, 0.15) is 30.7 Å². The maximum absolute atomic E-state index is 11.0. The number of nitrogens with one attached hydrogen (secondary N) is 1. The van der Waals surface area contributed by atoms with E-state index in [0.717, 1.165) is 24.2 Å². The molecule has 0 aliphatic heterocycles. The van der Waals surface area contributed by atoms with Crippen molar-refractivity contribution < 1.29 is 9.90 Å². The highest BCUT2D eigenvalue weighted by molar-refractivity contribution is 5.72. The molecule has 1 aliphatic rings. The molecule has 0 bridgehead atoms. The highest BCUT2D eigenvalue weighted by Crippen LogP contribution is 2.27. The van der Waals surface area contributed by atoms with Crippen molar-refractivity contribution in [2.45, 2.75) is 39.2 Å². The highest BCUT2D eigenvalue weighted by Gasteiger charge is 2.33. The number of rotatable bonds is 3. The summed E-state index contributed by atoms with van der Waals surface area (Å²) in [5.41, 5.74) is 1.60. The zero-order chi connectivity index (χ0) is 12.4. The largest absolute Gasteiger partial charge is 0.481 e. The quantitative estimate of drug-likeness (QED) is 0.818. The fourth-order valence-electron chi connectivity index (χ4n) is 2.11. The van der Waals surface area contributed by atoms with Gasteiger partial charge in [0.25, 0.3) is 0 Å². The van der Waals surface area contributed by atoms with Gasteiger partial charge in [0.1, 0.15) is 0 Å². The Bertz CT molecular complexity index is 435. The summed E-state index contributed by atoms with van der Waals surface area (Å²) in [6, 6.07) is -0.0867. The third-order valence-corrected chi connectivity index (χ3v) is 3.24. The van der Waals surface area contributed by atoms with Crippen molar-refractivity contribution in [2.75, 3.05) is 5.32 Å². The molecule has 0 amide bonds. The van der Waals surface area contributed by atoms with E-state index in [1.807, 2.05) is 13.8 Å². The topological polar surface area (TPSA) is 88.0 Å². The molecule has 0 spiro atoms. The smallest absolute Gasteiger partial charge is 0.308 e. The first-order chi connectivity index (χ1) is 8.08. The number of hydrogen-bond donors (Lipinski definition) is 2. The van der Waals surface area contributed by atoms with Crippen molar-refractivity contribution in [1.29, 1.82) is 0 Å². The van der Waals surface area contributed by atoms with Gasteiger partial charge < -0.3 is 10.4 Å². The summed E-state index contributed by atoms with van der Waals surface area (Å²) in [5, 5.41) is 20.0. The summed E-state index contributed by atoms with van der Waals surface area (Å²) < 4.78 is 0. The van der Waals surface area contributed by atoms with Crippen LogP contribution < -0.4 is 5.32 Å². The molecule has 1 heterocycles. The summed E-state index contributed by atoms with van der Waals surface area (Å²) >= 11 is 0. The number of hydrogen-bond acceptors (Lipinski definition) is 5. The molecule has 6 heteroatoms. The van der Waals surface area contributed by atoms with Crippen molar-refractivity contribution in [2.24, 2.45) is 5.92 Å². The van der Waals surface area contributed by atoms with Crippen LogP contribution in [0.25, 0.3) is 0 Å². The van der Waals surface area contributed by atoms with Crippen LogP contribution in [0.2, 0.25) is 0 Å². The van der Waals surface area contributed by atoms with Crippen molar-refractivity contribution in [3.05, 3.63) is 11.4 Å². The minimum atomic E-state index is -0.753. The van der Waals surface area contributed by atoms with Crippen molar-refractivity contribution >= 4 is 11.9 Å². The average Bonchev–Trinajstić information content (AvgIpc) is 2.72. The predicted octanol–water partition coefficient (Wildman–Crippen LogP) is 1.15. The van der Waals surface area contributed by atoms with Crippen LogP contribution in [0.3, 0.4) is 0 Å². The Morgan fingerprint density at radius 2 is 2.06 bits per heavy atom. The van der Waals surface area contributed by atoms with E-state index < -0.39 is 5.97 Å². The highest BCUT2D eigenvalue weighted by atomic mass is 16.4. The van der Waals surface area contributed by atoms with Gasteiger partial charge in [-0.3, -0.25) is 4.79 Å². The lowest BCUT2D eigenvalue weighted by Gasteiger charge is -2.17. The Morgan fingerprint density at radius 3 is 2.71 bits per heavy atom. The van der Waals surface area contributed by atoms with Crippen molar-refractivity contribution in [1.82, 2.24) is 15.2 Å². The maximum Gasteiger partial charge on any atom is 0.308 e. The van der Waals surface area contributed by atoms with Crippen LogP contribution in [0, 0.1) is 19.8 Å². The van der Waals surface area contributed by atoms with E-state index in [-0.39, 0.29) is 12.0 Å². The molecular formula is C11H16N4O2. The van der Waals surface area contributed by atoms with Gasteiger partial charge in [-0.25, -0.2) is 4.98 Å². The maximum atomic E-state index is 11.0. The Balaban J connectivity index is 2.09. The summed E-state index contributed by atoms with van der Waals surface area (Å²) in [6.07, 6.45) is 2.48. The molecule has 1 fully saturated rings. The third-order valence-electron chi connectivity index (χ3n) is 3.24. The first-order valence-electron chi connectivity index (χ1n) is 5.75. The number of carbonyl (C=O) groups is 1. The Morgan fingerprint density at radius 1 is 1.29 bits per heavy atom. The van der Waals surface area contributed by atoms with Crippen LogP contribution in [0.15, 0.2) is 0 Å². The molecule has 2 N–H and O–H groups in total. The molecule has 1 aliphatic carbocycles. The minimum Gasteiger partial charge on any atom is -0.481 e. The van der Waals surface area contributed by atoms with Crippen molar-refractivity contribution in [3.63, 3.8) is 0 Å². The number of carboxylic acid groups (broad SMARTS) is 1. The van der Waals surface area contributed by atoms with Gasteiger partial charge in [-0.1, -0.05) is 6.42 Å². The van der Waals surface area contributed by atoms with E-state index in [0.29, 0.717) is 12.4 Å². The second kappa shape index (κ2) is 4.65. The number of nitrogens with zero attached hydrogens (tertiary/aromatic N) is 3. The lowest BCUT2D eigenvalue weighted by Crippen LogP contribution is -2.30. The fraction of sp³-hybridized carbons (Fsp3) is 0.636. The number of aromatic nitrogens is 3. The van der Waals surface area contributed by atoms with Gasteiger partial charge in [-0.15, -0.1) is 5.10 Å². The van der Waals surface area contributed by atoms with E-state index >= 15 is 0 Å². The lowest BCUT2D eigenvalue weighted by atomic mass is 10.0. The SMILES string of the molecule is Cc1nnc(NC2CCCC2C(=O)O)nc1C. The molecule has 0 radical (unpaired) electrons. The van der Waals surface area contributed by atoms with Gasteiger partial charge in [-0.2, -0.15) is 5.10 Å². The zero-order valence-corrected chi connectivity index (χ0v) is 9.97. The second-order valence-electron chi connectivity index (χ2n) is 4.43. The zero-order valence-electron chi connectivity index (χ0n) is 9.97. The Kier molecular flexibility index (Phi) is 3.21. The number of aliphatic carboxylic acids is 1. The van der Waals surface area contributed by atoms with Crippen LogP contribution in [-0.4, -0.2) is 32.3 Å². The Labute approximate surface area is 99.5 Å². The molecule has 1 aromatic rings. The van der Waals surface area contributed by atoms with Crippen LogP contribution in [0.4, 0.5) is 5.95 Å². The number of anilines is 1. The van der Waals surface area contributed by atoms with Gasteiger partial charge in [-0.05, 0) is 26.7 Å². The molecule has 1 saturated carbocycles. The standard InChI is InChI=1S/C11H16N4O2/c1-6-7(2)14-15-11(12-6)13-9-5-3-4-8(9)10(16)17/h8-9H,3-5H2,1-2H3,(H,16,17)(H,12,13,15). The molecule has 92 valence electrons. The van der Waals surface area contributed by atoms with E-state index in [1.54, 1.807) is 0 Å². The third kappa shape index (κ3) is 2.51. The van der Waals surface area contributed by atoms with E-state index in [4.69, 9.17) is 5.11 Å². The summed E-state index contributed by atoms with van der Waals surface area (Å²) in [7, 11) is 0. The average molecular weight is 236 g/mol. The summed E-state index contributed by atoms with van der Waals surface area (Å²) in [5.74, 6) is -0.678. The monoisotopic (exact) mass is 236 g/mol. The van der Waals surface area contributed by atoms with Gasteiger partial charge in [0.2, 0.25) is 5.95 Å². The first-order valence-corrected chi connectivity index (χ1v) is 5.75. The molecule has 2 unspecified atom stereocenters. The Hall–Kier alpha value is -1.72. The molecular weight excluding hydrogens is 220 g/mol. The second-order valence-corrected chi connectivity index (χ2v) is 4.43. The number of aryl methyl sites for hydroxylation is 2. The van der Waals surface area contributed by atoms with E-state index in [9.17, 15) is 4.79 Å². The van der Waals surface area contributed by atoms with Gasteiger partial charge in [0.15, 0.2) is 0 Å². The molecule has 0 aromatic carbocycles. The van der Waals surface area contributed by atoms with E-state index in [1.165, 1.54) is 0 Å². The summed E-state index contributed by atoms with van der Waals surface area (Å²) in [4.78, 5) is 15.3. The van der Waals surface area contributed by atoms with Crippen LogP contribution in [0.5, 0.6) is 0 Å². The molecule has 2 atom stereocenters. The van der Waals surface area contributed by atoms with Gasteiger partial charge in [0.05, 0.1) is 17.3 Å². The normalized spacial score (nSPS) is 23.6. The predicted molar refractivity (Wildman–Crippen MR) is 61.7 cm³/mol. The van der Waals surface area contributed by atoms with Crippen molar-refractivity contribution in [3.8, 4) is 0 Å². The first kappa shape index (κ1) is 11.8. The molecule has 17 heavy (non-hydrogen) atoms. The lowest BCUT2D eigenvalue weighted by molar-refractivity contribution is -0.141. The van der Waals surface area contributed by atoms with E-state index in [2.05, 4.69) is 20.5 Å². The van der Waals surface area contributed by atoms with Gasteiger partial charge in [0, 0.05) is 6.04 Å². The molecule has 2 rings (SSSR count). The molecule has 0 saturated heterocycles. The number of carboxylic acids is 1. The fourth-order valence-corrected chi connectivity index (χ4v) is 2.11. The van der Waals surface area contributed by atoms with Crippen LogP contribution in [-0.2, 0) is 4.79 Å². The summed E-state index contributed by atoms with van der Waals surface area (Å²) in [6.45, 7) is 3.70. The van der Waals surface area contributed by atoms with Crippen LogP contribution >= 0.6 is 0 Å². The minimum absolute atomic E-state index is 0.0867. The molecule has 1 aromatic heterocycles. The molecule has 6 nitrogen and oxygen atoms in total. The van der Waals surface area contributed by atoms with Gasteiger partial charge >= 0.3 is 5.97 Å².